The molecule has 0 aliphatic carbocycles. The molecule has 19 heavy (non-hydrogen) atoms. The summed E-state index contributed by atoms with van der Waals surface area (Å²) in [6.45, 7) is 5.85. The van der Waals surface area contributed by atoms with Crippen molar-refractivity contribution in [2.24, 2.45) is 5.92 Å². The van der Waals surface area contributed by atoms with Gasteiger partial charge in [-0.3, -0.25) is 9.78 Å². The van der Waals surface area contributed by atoms with E-state index in [1.54, 1.807) is 6.20 Å². The van der Waals surface area contributed by atoms with Crippen molar-refractivity contribution in [3.63, 3.8) is 0 Å². The second-order valence-electron chi connectivity index (χ2n) is 5.14. The summed E-state index contributed by atoms with van der Waals surface area (Å²) in [5, 5.41) is 3.40. The number of carbonyl (C=O) groups excluding carboxylic acids is 1. The molecule has 1 aliphatic rings. The lowest BCUT2D eigenvalue weighted by molar-refractivity contribution is -0.131. The van der Waals surface area contributed by atoms with Crippen LogP contribution in [0.2, 0.25) is 0 Å². The van der Waals surface area contributed by atoms with Gasteiger partial charge in [0.25, 0.3) is 0 Å². The Morgan fingerprint density at radius 2 is 2.42 bits per heavy atom. The highest BCUT2D eigenvalue weighted by molar-refractivity contribution is 5.78. The predicted octanol–water partition coefficient (Wildman–Crippen LogP) is 1.47. The predicted molar refractivity (Wildman–Crippen MR) is 75.8 cm³/mol. The lowest BCUT2D eigenvalue weighted by atomic mass is 9.99. The summed E-state index contributed by atoms with van der Waals surface area (Å²) >= 11 is 0. The molecule has 104 valence electrons. The molecule has 1 atom stereocenters. The van der Waals surface area contributed by atoms with E-state index in [0.29, 0.717) is 12.3 Å². The Hall–Kier alpha value is -1.42. The fourth-order valence-corrected chi connectivity index (χ4v) is 2.57. The van der Waals surface area contributed by atoms with Crippen LogP contribution in [-0.4, -0.2) is 42.0 Å². The molecule has 1 amide bonds. The van der Waals surface area contributed by atoms with Gasteiger partial charge in [0, 0.05) is 25.0 Å². The summed E-state index contributed by atoms with van der Waals surface area (Å²) < 4.78 is 0. The number of aromatic nitrogens is 1. The van der Waals surface area contributed by atoms with Crippen molar-refractivity contribution in [1.29, 1.82) is 0 Å². The second-order valence-corrected chi connectivity index (χ2v) is 5.14. The van der Waals surface area contributed by atoms with Gasteiger partial charge in [-0.1, -0.05) is 6.07 Å². The highest BCUT2D eigenvalue weighted by Gasteiger charge is 2.19. The summed E-state index contributed by atoms with van der Waals surface area (Å²) in [4.78, 5) is 18.5. The molecule has 0 aromatic carbocycles. The first-order valence-corrected chi connectivity index (χ1v) is 7.18. The largest absolute Gasteiger partial charge is 0.342 e. The van der Waals surface area contributed by atoms with Crippen molar-refractivity contribution < 1.29 is 4.79 Å². The summed E-state index contributed by atoms with van der Waals surface area (Å²) in [5.74, 6) is 0.785. The average molecular weight is 261 g/mol. The van der Waals surface area contributed by atoms with Gasteiger partial charge in [-0.25, -0.2) is 0 Å². The second kappa shape index (κ2) is 7.24. The van der Waals surface area contributed by atoms with E-state index in [2.05, 4.69) is 10.3 Å². The number of likely N-dealkylation sites (N-methyl/N-ethyl adjacent to an activating group) is 1. The zero-order valence-electron chi connectivity index (χ0n) is 11.6. The molecule has 0 bridgehead atoms. The maximum atomic E-state index is 12.3. The van der Waals surface area contributed by atoms with Gasteiger partial charge in [-0.05, 0) is 50.9 Å². The smallest absolute Gasteiger partial charge is 0.228 e. The number of rotatable bonds is 5. The minimum Gasteiger partial charge on any atom is -0.342 e. The monoisotopic (exact) mass is 261 g/mol. The summed E-state index contributed by atoms with van der Waals surface area (Å²) in [6, 6.07) is 5.71. The van der Waals surface area contributed by atoms with E-state index in [-0.39, 0.29) is 5.91 Å². The maximum absolute atomic E-state index is 12.3. The van der Waals surface area contributed by atoms with Crippen LogP contribution in [0.15, 0.2) is 24.4 Å². The van der Waals surface area contributed by atoms with Crippen LogP contribution in [0.4, 0.5) is 0 Å². The SMILES string of the molecule is CCN(CC1CCCNC1)C(=O)Cc1ccccn1. The topological polar surface area (TPSA) is 45.2 Å². The van der Waals surface area contributed by atoms with Crippen LogP contribution >= 0.6 is 0 Å². The van der Waals surface area contributed by atoms with Crippen molar-refractivity contribution in [3.8, 4) is 0 Å². The summed E-state index contributed by atoms with van der Waals surface area (Å²) in [6.07, 6.45) is 4.59. The molecule has 0 saturated carbocycles. The molecule has 1 aliphatic heterocycles. The lowest BCUT2D eigenvalue weighted by Gasteiger charge is -2.29. The first kappa shape index (κ1) is 14.0. The minimum atomic E-state index is 0.187. The molecule has 1 saturated heterocycles. The number of piperidine rings is 1. The van der Waals surface area contributed by atoms with E-state index >= 15 is 0 Å². The zero-order chi connectivity index (χ0) is 13.5. The first-order chi connectivity index (χ1) is 9.29. The van der Waals surface area contributed by atoms with Gasteiger partial charge in [0.05, 0.1) is 6.42 Å². The standard InChI is InChI=1S/C15H23N3O/c1-2-18(12-13-6-5-8-16-11-13)15(19)10-14-7-3-4-9-17-14/h3-4,7,9,13,16H,2,5-6,8,10-12H2,1H3. The van der Waals surface area contributed by atoms with E-state index in [4.69, 9.17) is 0 Å². The van der Waals surface area contributed by atoms with Crippen LogP contribution in [-0.2, 0) is 11.2 Å². The first-order valence-electron chi connectivity index (χ1n) is 7.18. The van der Waals surface area contributed by atoms with Crippen LogP contribution in [0.25, 0.3) is 0 Å². The van der Waals surface area contributed by atoms with Gasteiger partial charge in [0.1, 0.15) is 0 Å². The number of nitrogens with zero attached hydrogens (tertiary/aromatic N) is 2. The van der Waals surface area contributed by atoms with Crippen molar-refractivity contribution >= 4 is 5.91 Å². The van der Waals surface area contributed by atoms with Crippen LogP contribution in [0.5, 0.6) is 0 Å². The highest BCUT2D eigenvalue weighted by atomic mass is 16.2. The summed E-state index contributed by atoms with van der Waals surface area (Å²) in [7, 11) is 0. The minimum absolute atomic E-state index is 0.187. The van der Waals surface area contributed by atoms with Gasteiger partial charge in [-0.2, -0.15) is 0 Å². The van der Waals surface area contributed by atoms with Crippen molar-refractivity contribution in [2.45, 2.75) is 26.2 Å². The molecule has 1 unspecified atom stereocenters. The summed E-state index contributed by atoms with van der Waals surface area (Å²) in [5.41, 5.74) is 0.854. The molecule has 1 fully saturated rings. The number of carbonyl (C=O) groups is 1. The molecular formula is C15H23N3O. The van der Waals surface area contributed by atoms with Gasteiger partial charge >= 0.3 is 0 Å². The average Bonchev–Trinajstić information content (AvgIpc) is 2.47. The Bertz CT molecular complexity index is 388. The van der Waals surface area contributed by atoms with E-state index in [1.807, 2.05) is 30.0 Å². The molecule has 4 nitrogen and oxygen atoms in total. The Labute approximate surface area is 115 Å². The number of pyridine rings is 1. The van der Waals surface area contributed by atoms with Crippen LogP contribution in [0.3, 0.4) is 0 Å². The van der Waals surface area contributed by atoms with E-state index < -0.39 is 0 Å². The fourth-order valence-electron chi connectivity index (χ4n) is 2.57. The molecule has 1 aromatic rings. The van der Waals surface area contributed by atoms with E-state index in [0.717, 1.165) is 31.9 Å². The molecule has 0 radical (unpaired) electrons. The van der Waals surface area contributed by atoms with Gasteiger partial charge in [0.15, 0.2) is 0 Å². The van der Waals surface area contributed by atoms with E-state index in [9.17, 15) is 4.79 Å². The van der Waals surface area contributed by atoms with Crippen LogP contribution < -0.4 is 5.32 Å². The third-order valence-corrected chi connectivity index (χ3v) is 3.67. The number of nitrogens with one attached hydrogen (secondary N) is 1. The third-order valence-electron chi connectivity index (χ3n) is 3.67. The van der Waals surface area contributed by atoms with Crippen LogP contribution in [0, 0.1) is 5.92 Å². The molecule has 0 spiro atoms. The van der Waals surface area contributed by atoms with Crippen molar-refractivity contribution in [1.82, 2.24) is 15.2 Å². The molecule has 1 aromatic heterocycles. The van der Waals surface area contributed by atoms with Crippen molar-refractivity contribution in [3.05, 3.63) is 30.1 Å². The number of hydrogen-bond donors (Lipinski definition) is 1. The Morgan fingerprint density at radius 3 is 3.05 bits per heavy atom. The Balaban J connectivity index is 1.87. The molecule has 2 heterocycles. The third kappa shape index (κ3) is 4.31. The zero-order valence-corrected chi connectivity index (χ0v) is 11.6. The maximum Gasteiger partial charge on any atom is 0.228 e. The Kier molecular flexibility index (Phi) is 5.33. The van der Waals surface area contributed by atoms with Gasteiger partial charge in [-0.15, -0.1) is 0 Å². The fraction of sp³-hybridized carbons (Fsp3) is 0.600. The molecular weight excluding hydrogens is 238 g/mol. The lowest BCUT2D eigenvalue weighted by Crippen LogP contribution is -2.41. The normalized spacial score (nSPS) is 19.1. The molecule has 2 rings (SSSR count). The number of hydrogen-bond acceptors (Lipinski definition) is 3. The molecule has 1 N–H and O–H groups in total. The Morgan fingerprint density at radius 1 is 1.53 bits per heavy atom. The van der Waals surface area contributed by atoms with Crippen LogP contribution in [0.1, 0.15) is 25.5 Å². The van der Waals surface area contributed by atoms with Gasteiger partial charge < -0.3 is 10.2 Å². The quantitative estimate of drug-likeness (QED) is 0.873. The highest BCUT2D eigenvalue weighted by Crippen LogP contribution is 2.12. The van der Waals surface area contributed by atoms with Gasteiger partial charge in [0.2, 0.25) is 5.91 Å². The van der Waals surface area contributed by atoms with E-state index in [1.165, 1.54) is 12.8 Å². The molecule has 4 heteroatoms. The number of amides is 1. The van der Waals surface area contributed by atoms with Crippen molar-refractivity contribution in [2.75, 3.05) is 26.2 Å².